The van der Waals surface area contributed by atoms with Gasteiger partial charge in [-0.2, -0.15) is 11.8 Å². The lowest BCUT2D eigenvalue weighted by molar-refractivity contribution is -0.128. The maximum atomic E-state index is 13.4. The Morgan fingerprint density at radius 2 is 2.04 bits per heavy atom. The van der Waals surface area contributed by atoms with Crippen molar-refractivity contribution in [1.29, 1.82) is 0 Å². The van der Waals surface area contributed by atoms with E-state index in [9.17, 15) is 9.18 Å². The zero-order chi connectivity index (χ0) is 18.1. The Kier molecular flexibility index (Phi) is 8.04. The second-order valence-electron chi connectivity index (χ2n) is 5.98. The highest BCUT2D eigenvalue weighted by Gasteiger charge is 2.17. The molecular formula is C18H27FN4OS. The van der Waals surface area contributed by atoms with Gasteiger partial charge in [0, 0.05) is 25.4 Å². The molecule has 0 saturated carbocycles. The van der Waals surface area contributed by atoms with Crippen LogP contribution < -0.4 is 10.6 Å². The highest BCUT2D eigenvalue weighted by molar-refractivity contribution is 7.97. The van der Waals surface area contributed by atoms with Crippen LogP contribution in [0.4, 0.5) is 4.39 Å². The Balaban J connectivity index is 1.97. The number of halogens is 1. The van der Waals surface area contributed by atoms with Crippen LogP contribution in [0.1, 0.15) is 30.9 Å². The highest BCUT2D eigenvalue weighted by atomic mass is 32.2. The SMILES string of the molecule is CCNC(=NCc1ccc(F)cc1CSC)NCC(=O)N1CCCC1. The van der Waals surface area contributed by atoms with Crippen LogP contribution in [0.2, 0.25) is 0 Å². The van der Waals surface area contributed by atoms with Gasteiger partial charge in [-0.3, -0.25) is 4.79 Å². The number of aliphatic imine (C=N–C) groups is 1. The van der Waals surface area contributed by atoms with Gasteiger partial charge in [-0.25, -0.2) is 9.38 Å². The normalized spacial score (nSPS) is 14.7. The Morgan fingerprint density at radius 1 is 1.28 bits per heavy atom. The first kappa shape index (κ1) is 19.6. The van der Waals surface area contributed by atoms with Crippen LogP contribution in [0.5, 0.6) is 0 Å². The fourth-order valence-corrected chi connectivity index (χ4v) is 3.36. The van der Waals surface area contributed by atoms with Gasteiger partial charge in [0.2, 0.25) is 5.91 Å². The number of benzene rings is 1. The molecule has 0 aliphatic carbocycles. The first-order valence-electron chi connectivity index (χ1n) is 8.70. The molecule has 7 heteroatoms. The number of carbonyl (C=O) groups is 1. The zero-order valence-corrected chi connectivity index (χ0v) is 15.8. The fourth-order valence-electron chi connectivity index (χ4n) is 2.78. The highest BCUT2D eigenvalue weighted by Crippen LogP contribution is 2.17. The van der Waals surface area contributed by atoms with Gasteiger partial charge in [0.05, 0.1) is 13.1 Å². The monoisotopic (exact) mass is 366 g/mol. The summed E-state index contributed by atoms with van der Waals surface area (Å²) in [6.07, 6.45) is 4.17. The summed E-state index contributed by atoms with van der Waals surface area (Å²) in [5.74, 6) is 1.24. The van der Waals surface area contributed by atoms with Gasteiger partial charge in [-0.05, 0) is 49.3 Å². The molecule has 1 saturated heterocycles. The molecule has 0 atom stereocenters. The van der Waals surface area contributed by atoms with Crippen LogP contribution in [0.15, 0.2) is 23.2 Å². The predicted octanol–water partition coefficient (Wildman–Crippen LogP) is 2.37. The minimum Gasteiger partial charge on any atom is -0.357 e. The number of nitrogens with one attached hydrogen (secondary N) is 2. The smallest absolute Gasteiger partial charge is 0.241 e. The van der Waals surface area contributed by atoms with Gasteiger partial charge >= 0.3 is 0 Å². The molecule has 1 aromatic rings. The fraction of sp³-hybridized carbons (Fsp3) is 0.556. The summed E-state index contributed by atoms with van der Waals surface area (Å²) in [5, 5.41) is 6.25. The Labute approximate surface area is 153 Å². The van der Waals surface area contributed by atoms with E-state index in [0.717, 1.165) is 42.8 Å². The van der Waals surface area contributed by atoms with E-state index in [1.165, 1.54) is 6.07 Å². The largest absolute Gasteiger partial charge is 0.357 e. The average Bonchev–Trinajstić information content (AvgIpc) is 3.13. The third-order valence-corrected chi connectivity index (χ3v) is 4.69. The Bertz CT molecular complexity index is 603. The molecule has 1 aliphatic rings. The number of hydrogen-bond acceptors (Lipinski definition) is 3. The quantitative estimate of drug-likeness (QED) is 0.575. The summed E-state index contributed by atoms with van der Waals surface area (Å²) in [7, 11) is 0. The minimum atomic E-state index is -0.224. The molecule has 1 amide bonds. The molecule has 0 spiro atoms. The Morgan fingerprint density at radius 3 is 2.72 bits per heavy atom. The van der Waals surface area contributed by atoms with Crippen LogP contribution in [-0.4, -0.2) is 49.2 Å². The molecule has 1 aromatic carbocycles. The zero-order valence-electron chi connectivity index (χ0n) is 15.0. The average molecular weight is 367 g/mol. The van der Waals surface area contributed by atoms with Crippen LogP contribution >= 0.6 is 11.8 Å². The molecule has 0 unspecified atom stereocenters. The topological polar surface area (TPSA) is 56.7 Å². The van der Waals surface area contributed by atoms with Crippen molar-refractivity contribution >= 4 is 23.6 Å². The van der Waals surface area contributed by atoms with Crippen molar-refractivity contribution in [2.24, 2.45) is 4.99 Å². The molecule has 0 radical (unpaired) electrons. The molecule has 25 heavy (non-hydrogen) atoms. The van der Waals surface area contributed by atoms with Gasteiger partial charge in [-0.1, -0.05) is 6.07 Å². The van der Waals surface area contributed by atoms with E-state index in [1.54, 1.807) is 23.9 Å². The van der Waals surface area contributed by atoms with E-state index in [0.29, 0.717) is 19.0 Å². The second-order valence-corrected chi connectivity index (χ2v) is 6.85. The lowest BCUT2D eigenvalue weighted by Gasteiger charge is -2.17. The molecule has 0 aromatic heterocycles. The van der Waals surface area contributed by atoms with Crippen molar-refractivity contribution in [3.8, 4) is 0 Å². The maximum absolute atomic E-state index is 13.4. The summed E-state index contributed by atoms with van der Waals surface area (Å²) >= 11 is 1.65. The van der Waals surface area contributed by atoms with Crippen LogP contribution in [0.3, 0.4) is 0 Å². The number of carbonyl (C=O) groups excluding carboxylic acids is 1. The molecule has 1 fully saturated rings. The van der Waals surface area contributed by atoms with Crippen LogP contribution in [0.25, 0.3) is 0 Å². The van der Waals surface area contributed by atoms with Crippen LogP contribution in [0, 0.1) is 5.82 Å². The molecule has 1 aliphatic heterocycles. The van der Waals surface area contributed by atoms with Gasteiger partial charge < -0.3 is 15.5 Å². The summed E-state index contributed by atoms with van der Waals surface area (Å²) in [6, 6.07) is 4.81. The number of rotatable bonds is 7. The number of nitrogens with zero attached hydrogens (tertiary/aromatic N) is 2. The van der Waals surface area contributed by atoms with Crippen molar-refractivity contribution in [1.82, 2.24) is 15.5 Å². The number of thioether (sulfide) groups is 1. The lowest BCUT2D eigenvalue weighted by atomic mass is 10.1. The standard InChI is InChI=1S/C18H27FN4OS/c1-3-20-18(22-12-17(24)23-8-4-5-9-23)21-11-14-6-7-16(19)10-15(14)13-25-2/h6-7,10H,3-5,8-9,11-13H2,1-2H3,(H2,20,21,22). The summed E-state index contributed by atoms with van der Waals surface area (Å²) < 4.78 is 13.4. The van der Waals surface area contributed by atoms with Gasteiger partial charge in [0.25, 0.3) is 0 Å². The third-order valence-electron chi connectivity index (χ3n) is 4.09. The number of hydrogen-bond donors (Lipinski definition) is 2. The lowest BCUT2D eigenvalue weighted by Crippen LogP contribution is -2.44. The number of guanidine groups is 1. The van der Waals surface area contributed by atoms with E-state index in [4.69, 9.17) is 0 Å². The first-order valence-corrected chi connectivity index (χ1v) is 10.1. The summed E-state index contributed by atoms with van der Waals surface area (Å²) in [6.45, 7) is 5.08. The van der Waals surface area contributed by atoms with E-state index >= 15 is 0 Å². The number of likely N-dealkylation sites (tertiary alicyclic amines) is 1. The van der Waals surface area contributed by atoms with Crippen molar-refractivity contribution in [3.63, 3.8) is 0 Å². The van der Waals surface area contributed by atoms with Crippen molar-refractivity contribution in [3.05, 3.63) is 35.1 Å². The Hall–Kier alpha value is -1.76. The van der Waals surface area contributed by atoms with E-state index in [2.05, 4.69) is 15.6 Å². The van der Waals surface area contributed by atoms with Gasteiger partial charge in [-0.15, -0.1) is 0 Å². The third kappa shape index (κ3) is 6.23. The van der Waals surface area contributed by atoms with Crippen molar-refractivity contribution in [2.75, 3.05) is 32.4 Å². The summed E-state index contributed by atoms with van der Waals surface area (Å²) in [5.41, 5.74) is 1.96. The van der Waals surface area contributed by atoms with E-state index in [1.807, 2.05) is 18.1 Å². The van der Waals surface area contributed by atoms with Gasteiger partial charge in [0.15, 0.2) is 5.96 Å². The van der Waals surface area contributed by atoms with E-state index in [-0.39, 0.29) is 18.3 Å². The molecule has 2 N–H and O–H groups in total. The number of amides is 1. The van der Waals surface area contributed by atoms with Crippen LogP contribution in [-0.2, 0) is 17.1 Å². The molecule has 2 rings (SSSR count). The maximum Gasteiger partial charge on any atom is 0.241 e. The first-order chi connectivity index (χ1) is 12.1. The second kappa shape index (κ2) is 10.3. The molecule has 138 valence electrons. The van der Waals surface area contributed by atoms with E-state index < -0.39 is 0 Å². The molecule has 1 heterocycles. The van der Waals surface area contributed by atoms with Gasteiger partial charge in [0.1, 0.15) is 5.82 Å². The molecular weight excluding hydrogens is 339 g/mol. The molecule has 5 nitrogen and oxygen atoms in total. The molecule has 0 bridgehead atoms. The van der Waals surface area contributed by atoms with Crippen molar-refractivity contribution in [2.45, 2.75) is 32.1 Å². The minimum absolute atomic E-state index is 0.105. The van der Waals surface area contributed by atoms with Crippen molar-refractivity contribution < 1.29 is 9.18 Å². The predicted molar refractivity (Wildman–Crippen MR) is 102 cm³/mol. The summed E-state index contributed by atoms with van der Waals surface area (Å²) in [4.78, 5) is 18.6.